The predicted molar refractivity (Wildman–Crippen MR) is 108 cm³/mol. The van der Waals surface area contributed by atoms with Crippen LogP contribution in [0.5, 0.6) is 0 Å². The fourth-order valence-electron chi connectivity index (χ4n) is 4.01. The molecule has 0 radical (unpaired) electrons. The Labute approximate surface area is 178 Å². The van der Waals surface area contributed by atoms with Crippen molar-refractivity contribution in [3.05, 3.63) is 34.3 Å². The third-order valence-electron chi connectivity index (χ3n) is 5.73. The number of imide groups is 1. The van der Waals surface area contributed by atoms with Crippen LogP contribution in [0.4, 0.5) is 0 Å². The van der Waals surface area contributed by atoms with Gasteiger partial charge in [-0.15, -0.1) is 0 Å². The molecule has 0 spiro atoms. The molecule has 3 atom stereocenters. The number of benzene rings is 1. The third-order valence-corrected chi connectivity index (χ3v) is 6.51. The maximum atomic E-state index is 12.6. The summed E-state index contributed by atoms with van der Waals surface area (Å²) in [7, 11) is 1.62. The second-order valence-corrected chi connectivity index (χ2v) is 8.52. The molecule has 1 saturated heterocycles. The van der Waals surface area contributed by atoms with Crippen molar-refractivity contribution in [1.82, 2.24) is 9.80 Å². The molecule has 0 bridgehead atoms. The zero-order valence-corrected chi connectivity index (χ0v) is 18.2. The van der Waals surface area contributed by atoms with E-state index in [0.717, 1.165) is 27.8 Å². The van der Waals surface area contributed by atoms with E-state index in [1.165, 1.54) is 11.8 Å². The van der Waals surface area contributed by atoms with E-state index in [1.54, 1.807) is 7.05 Å². The summed E-state index contributed by atoms with van der Waals surface area (Å²) in [6.45, 7) is 1.40. The largest absolute Gasteiger partial charge is 0.454 e. The van der Waals surface area contributed by atoms with Crippen LogP contribution < -0.4 is 0 Å². The molecular weight excluding hydrogens is 440 g/mol. The topological polar surface area (TPSA) is 84.0 Å². The van der Waals surface area contributed by atoms with Gasteiger partial charge in [-0.25, -0.2) is 4.79 Å². The first kappa shape index (κ1) is 21.5. The van der Waals surface area contributed by atoms with Crippen LogP contribution in [0.1, 0.15) is 38.2 Å². The minimum Gasteiger partial charge on any atom is -0.454 e. The average molecular weight is 465 g/mol. The predicted octanol–water partition coefficient (Wildman–Crippen LogP) is 2.51. The van der Waals surface area contributed by atoms with Crippen molar-refractivity contribution in [2.24, 2.45) is 11.8 Å². The lowest BCUT2D eigenvalue weighted by molar-refractivity contribution is -0.161. The molecule has 8 heteroatoms. The molecule has 0 N–H and O–H groups in total. The summed E-state index contributed by atoms with van der Waals surface area (Å²) in [5.74, 6) is -2.32. The molecule has 2 fully saturated rings. The Morgan fingerprint density at radius 1 is 1.17 bits per heavy atom. The number of nitrogens with zero attached hydrogens (tertiary/aromatic N) is 2. The maximum absolute atomic E-state index is 12.6. The number of ether oxygens (including phenoxy) is 1. The molecule has 29 heavy (non-hydrogen) atoms. The van der Waals surface area contributed by atoms with E-state index in [4.69, 9.17) is 4.74 Å². The van der Waals surface area contributed by atoms with Crippen molar-refractivity contribution in [2.45, 2.75) is 45.2 Å². The van der Waals surface area contributed by atoms with Crippen LogP contribution >= 0.6 is 15.9 Å². The highest BCUT2D eigenvalue weighted by molar-refractivity contribution is 9.10. The lowest BCUT2D eigenvalue weighted by atomic mass is 9.81. The molecule has 3 unspecified atom stereocenters. The van der Waals surface area contributed by atoms with Gasteiger partial charge in [0.1, 0.15) is 6.04 Å². The van der Waals surface area contributed by atoms with E-state index in [-0.39, 0.29) is 29.6 Å². The number of hydrogen-bond donors (Lipinski definition) is 0. The molecule has 3 rings (SSSR count). The highest BCUT2D eigenvalue weighted by Crippen LogP contribution is 2.38. The van der Waals surface area contributed by atoms with Crippen molar-refractivity contribution >= 4 is 39.6 Å². The second-order valence-electron chi connectivity index (χ2n) is 7.67. The number of likely N-dealkylation sites (tertiary alicyclic amines) is 1. The number of fused-ring (bicyclic) bond motifs is 1. The summed E-state index contributed by atoms with van der Waals surface area (Å²) in [4.78, 5) is 52.4. The second kappa shape index (κ2) is 9.07. The normalized spacial score (nSPS) is 22.2. The molecule has 1 saturated carbocycles. The number of carbonyl (C=O) groups is 4. The van der Waals surface area contributed by atoms with Crippen molar-refractivity contribution < 1.29 is 23.9 Å². The molecule has 0 aromatic heterocycles. The van der Waals surface area contributed by atoms with E-state index in [1.807, 2.05) is 24.3 Å². The van der Waals surface area contributed by atoms with Crippen LogP contribution in [0, 0.1) is 11.8 Å². The number of likely N-dealkylation sites (N-methyl/N-ethyl adjacent to an activating group) is 1. The smallest absolute Gasteiger partial charge is 0.329 e. The van der Waals surface area contributed by atoms with Crippen LogP contribution in [-0.4, -0.2) is 53.2 Å². The lowest BCUT2D eigenvalue weighted by Crippen LogP contribution is -2.45. The summed E-state index contributed by atoms with van der Waals surface area (Å²) in [6.07, 6.45) is 3.22. The van der Waals surface area contributed by atoms with E-state index < -0.39 is 18.6 Å². The van der Waals surface area contributed by atoms with Crippen LogP contribution in [-0.2, 0) is 30.5 Å². The van der Waals surface area contributed by atoms with E-state index in [9.17, 15) is 19.2 Å². The average Bonchev–Trinajstić information content (AvgIpc) is 2.97. The minimum atomic E-state index is -1.03. The lowest BCUT2D eigenvalue weighted by Gasteiger charge is -2.22. The number of hydrogen-bond acceptors (Lipinski definition) is 5. The van der Waals surface area contributed by atoms with Crippen molar-refractivity contribution in [1.29, 1.82) is 0 Å². The monoisotopic (exact) mass is 464 g/mol. The number of halogens is 1. The van der Waals surface area contributed by atoms with Gasteiger partial charge >= 0.3 is 5.97 Å². The standard InChI is InChI=1S/C21H25BrN2O5/c1-13(24-19(26)15-8-4-5-9-16(15)20(24)27)21(28)29-12-18(25)23(2)11-14-7-3-6-10-17(14)22/h3,6-7,10,13,15-16H,4-5,8-9,11-12H2,1-2H3. The van der Waals surface area contributed by atoms with Crippen LogP contribution in [0.2, 0.25) is 0 Å². The highest BCUT2D eigenvalue weighted by Gasteiger charge is 2.51. The van der Waals surface area contributed by atoms with Gasteiger partial charge in [-0.1, -0.05) is 47.0 Å². The van der Waals surface area contributed by atoms with Crippen LogP contribution in [0.15, 0.2) is 28.7 Å². The zero-order chi connectivity index (χ0) is 21.1. The molecule has 7 nitrogen and oxygen atoms in total. The maximum Gasteiger partial charge on any atom is 0.329 e. The number of carbonyl (C=O) groups excluding carboxylic acids is 4. The van der Waals surface area contributed by atoms with Gasteiger partial charge in [-0.2, -0.15) is 0 Å². The molecular formula is C21H25BrN2O5. The summed E-state index contributed by atoms with van der Waals surface area (Å²) in [6, 6.07) is 6.52. The van der Waals surface area contributed by atoms with Gasteiger partial charge in [0.25, 0.3) is 5.91 Å². The molecule has 1 aliphatic carbocycles. The Morgan fingerprint density at radius 3 is 2.34 bits per heavy atom. The minimum absolute atomic E-state index is 0.290. The zero-order valence-electron chi connectivity index (χ0n) is 16.6. The Balaban J connectivity index is 1.54. The van der Waals surface area contributed by atoms with Gasteiger partial charge < -0.3 is 9.64 Å². The number of esters is 1. The third kappa shape index (κ3) is 4.52. The molecule has 1 heterocycles. The summed E-state index contributed by atoms with van der Waals surface area (Å²) in [5.41, 5.74) is 0.930. The van der Waals surface area contributed by atoms with E-state index >= 15 is 0 Å². The van der Waals surface area contributed by atoms with E-state index in [2.05, 4.69) is 15.9 Å². The SMILES string of the molecule is CC(C(=O)OCC(=O)N(C)Cc1ccccc1Br)N1C(=O)C2CCCCC2C1=O. The van der Waals surface area contributed by atoms with Gasteiger partial charge in [0.15, 0.2) is 6.61 Å². The van der Waals surface area contributed by atoms with Crippen LogP contribution in [0.25, 0.3) is 0 Å². The Kier molecular flexibility index (Phi) is 6.72. The van der Waals surface area contributed by atoms with Gasteiger partial charge in [0.05, 0.1) is 11.8 Å². The summed E-state index contributed by atoms with van der Waals surface area (Å²) >= 11 is 3.44. The van der Waals surface area contributed by atoms with Gasteiger partial charge in [0.2, 0.25) is 11.8 Å². The number of rotatable bonds is 6. The Bertz CT molecular complexity index is 803. The molecule has 2 aliphatic rings. The Morgan fingerprint density at radius 2 is 1.76 bits per heavy atom. The van der Waals surface area contributed by atoms with Crippen molar-refractivity contribution in [2.75, 3.05) is 13.7 Å². The number of amides is 3. The quantitative estimate of drug-likeness (QED) is 0.476. The molecule has 1 aliphatic heterocycles. The first-order chi connectivity index (χ1) is 13.8. The van der Waals surface area contributed by atoms with Crippen molar-refractivity contribution in [3.8, 4) is 0 Å². The molecule has 156 valence electrons. The van der Waals surface area contributed by atoms with Crippen LogP contribution in [0.3, 0.4) is 0 Å². The first-order valence-corrected chi connectivity index (χ1v) is 10.6. The van der Waals surface area contributed by atoms with E-state index in [0.29, 0.717) is 19.4 Å². The fraction of sp³-hybridized carbons (Fsp3) is 0.524. The van der Waals surface area contributed by atoms with Gasteiger partial charge in [-0.05, 0) is 31.4 Å². The summed E-state index contributed by atoms with van der Waals surface area (Å²) in [5, 5.41) is 0. The first-order valence-electron chi connectivity index (χ1n) is 9.82. The molecule has 3 amide bonds. The Hall–Kier alpha value is -2.22. The molecule has 1 aromatic rings. The molecule has 1 aromatic carbocycles. The fourth-order valence-corrected chi connectivity index (χ4v) is 4.42. The summed E-state index contributed by atoms with van der Waals surface area (Å²) < 4.78 is 6.02. The highest BCUT2D eigenvalue weighted by atomic mass is 79.9. The van der Waals surface area contributed by atoms with Gasteiger partial charge in [0, 0.05) is 18.1 Å². The van der Waals surface area contributed by atoms with Crippen molar-refractivity contribution in [3.63, 3.8) is 0 Å². The van der Waals surface area contributed by atoms with Gasteiger partial charge in [-0.3, -0.25) is 19.3 Å².